The largest absolute Gasteiger partial charge is 0.435 e. The van der Waals surface area contributed by atoms with Gasteiger partial charge in [-0.05, 0) is 25.1 Å². The first-order chi connectivity index (χ1) is 13.1. The van der Waals surface area contributed by atoms with Crippen LogP contribution < -0.4 is 10.6 Å². The molecule has 1 atom stereocenters. The molecule has 0 radical (unpaired) electrons. The normalized spacial score (nSPS) is 13.3. The number of hydrogen-bond donors (Lipinski definition) is 3. The number of aliphatic imine (C=N–C) groups is 1. The van der Waals surface area contributed by atoms with Gasteiger partial charge in [-0.3, -0.25) is 9.89 Å². The van der Waals surface area contributed by atoms with Crippen LogP contribution in [0.5, 0.6) is 0 Å². The summed E-state index contributed by atoms with van der Waals surface area (Å²) in [7, 11) is 1.43. The van der Waals surface area contributed by atoms with Crippen molar-refractivity contribution in [2.75, 3.05) is 19.0 Å². The van der Waals surface area contributed by atoms with Crippen LogP contribution in [0, 0.1) is 11.6 Å². The lowest BCUT2D eigenvalue weighted by Gasteiger charge is -2.16. The van der Waals surface area contributed by atoms with E-state index in [4.69, 9.17) is 4.74 Å². The predicted octanol–water partition coefficient (Wildman–Crippen LogP) is 2.94. The fourth-order valence-electron chi connectivity index (χ4n) is 2.08. The van der Waals surface area contributed by atoms with Crippen molar-refractivity contribution in [1.82, 2.24) is 15.5 Å². The first kappa shape index (κ1) is 21.3. The molecular weight excluding hydrogens is 389 g/mol. The van der Waals surface area contributed by atoms with Crippen molar-refractivity contribution in [2.24, 2.45) is 4.99 Å². The quantitative estimate of drug-likeness (QED) is 0.404. The van der Waals surface area contributed by atoms with Crippen LogP contribution in [-0.2, 0) is 10.9 Å². The fraction of sp³-hybridized carbons (Fsp3) is 0.312. The van der Waals surface area contributed by atoms with Gasteiger partial charge in [-0.15, -0.1) is 0 Å². The van der Waals surface area contributed by atoms with E-state index in [0.717, 1.165) is 12.1 Å². The monoisotopic (exact) mass is 405 g/mol. The number of anilines is 1. The molecule has 0 bridgehead atoms. The Morgan fingerprint density at radius 3 is 2.57 bits per heavy atom. The fourth-order valence-corrected chi connectivity index (χ4v) is 2.08. The zero-order valence-electron chi connectivity index (χ0n) is 14.7. The molecule has 152 valence electrons. The second kappa shape index (κ2) is 8.78. The summed E-state index contributed by atoms with van der Waals surface area (Å²) in [5.74, 6) is -3.76. The molecule has 12 heteroatoms. The van der Waals surface area contributed by atoms with Crippen molar-refractivity contribution >= 4 is 17.7 Å². The van der Waals surface area contributed by atoms with E-state index < -0.39 is 29.4 Å². The van der Waals surface area contributed by atoms with Crippen LogP contribution >= 0.6 is 0 Å². The molecule has 0 aliphatic heterocycles. The number of alkyl halides is 3. The number of aromatic nitrogens is 2. The predicted molar refractivity (Wildman–Crippen MR) is 89.8 cm³/mol. The lowest BCUT2D eigenvalue weighted by Crippen LogP contribution is -2.40. The Bertz CT molecular complexity index is 865. The van der Waals surface area contributed by atoms with Crippen LogP contribution in [0.3, 0.4) is 0 Å². The average molecular weight is 405 g/mol. The second-order valence-electron chi connectivity index (χ2n) is 5.68. The Labute approximate surface area is 156 Å². The number of guanidine groups is 1. The van der Waals surface area contributed by atoms with E-state index >= 15 is 0 Å². The first-order valence-electron chi connectivity index (χ1n) is 7.83. The molecule has 7 nitrogen and oxygen atoms in total. The van der Waals surface area contributed by atoms with Gasteiger partial charge in [0.1, 0.15) is 5.82 Å². The smallest absolute Gasteiger partial charge is 0.383 e. The van der Waals surface area contributed by atoms with Crippen LogP contribution in [0.4, 0.5) is 27.8 Å². The zero-order valence-corrected chi connectivity index (χ0v) is 14.7. The summed E-state index contributed by atoms with van der Waals surface area (Å²) in [5, 5.41) is 10.4. The molecule has 1 amide bonds. The number of H-pyrrole nitrogens is 1. The third-order valence-corrected chi connectivity index (χ3v) is 3.30. The minimum absolute atomic E-state index is 0.191. The molecule has 2 rings (SSSR count). The minimum Gasteiger partial charge on any atom is -0.383 e. The maximum absolute atomic E-state index is 13.3. The molecule has 0 fully saturated rings. The standard InChI is InChI=1S/C16H16F5N5O2/c1-8(7-28-2)22-15(23-13-6-12(25-26-13)16(19,20)21)24-14(27)9-3-4-10(17)11(18)5-9/h3-6,8H,7H2,1-2H3,(H3,22,23,24,25,26,27). The van der Waals surface area contributed by atoms with Crippen LogP contribution in [-0.4, -0.2) is 41.8 Å². The number of carbonyl (C=O) groups is 1. The molecule has 1 aromatic carbocycles. The molecule has 0 spiro atoms. The average Bonchev–Trinajstić information content (AvgIpc) is 3.06. The number of nitrogens with zero attached hydrogens (tertiary/aromatic N) is 2. The molecular formula is C16H16F5N5O2. The number of amides is 1. The van der Waals surface area contributed by atoms with Gasteiger partial charge in [-0.25, -0.2) is 8.78 Å². The van der Waals surface area contributed by atoms with E-state index in [9.17, 15) is 26.7 Å². The maximum atomic E-state index is 13.3. The van der Waals surface area contributed by atoms with Gasteiger partial charge in [0, 0.05) is 24.8 Å². The number of methoxy groups -OCH3 is 1. The third kappa shape index (κ3) is 5.74. The number of hydrogen-bond acceptors (Lipinski definition) is 3. The van der Waals surface area contributed by atoms with E-state index in [1.54, 1.807) is 6.92 Å². The van der Waals surface area contributed by atoms with Gasteiger partial charge in [0.05, 0.1) is 6.61 Å². The van der Waals surface area contributed by atoms with Gasteiger partial charge in [-0.1, -0.05) is 0 Å². The lowest BCUT2D eigenvalue weighted by molar-refractivity contribution is -0.141. The van der Waals surface area contributed by atoms with E-state index in [-0.39, 0.29) is 30.0 Å². The highest BCUT2D eigenvalue weighted by molar-refractivity contribution is 6.06. The molecule has 2 aromatic rings. The van der Waals surface area contributed by atoms with E-state index in [1.165, 1.54) is 7.11 Å². The van der Waals surface area contributed by atoms with Crippen molar-refractivity contribution < 1.29 is 31.5 Å². The number of rotatable bonds is 5. The summed E-state index contributed by atoms with van der Waals surface area (Å²) in [6, 6.07) is 2.74. The first-order valence-corrected chi connectivity index (χ1v) is 7.83. The molecule has 0 saturated heterocycles. The molecule has 1 heterocycles. The summed E-state index contributed by atoms with van der Waals surface area (Å²) < 4.78 is 69.2. The van der Waals surface area contributed by atoms with Crippen molar-refractivity contribution in [1.29, 1.82) is 0 Å². The van der Waals surface area contributed by atoms with Gasteiger partial charge < -0.3 is 15.4 Å². The Morgan fingerprint density at radius 1 is 1.29 bits per heavy atom. The van der Waals surface area contributed by atoms with E-state index in [1.807, 2.05) is 0 Å². The number of nitrogens with one attached hydrogen (secondary N) is 3. The lowest BCUT2D eigenvalue weighted by atomic mass is 10.2. The summed E-state index contributed by atoms with van der Waals surface area (Å²) in [5.41, 5.74) is -1.42. The highest BCUT2D eigenvalue weighted by Crippen LogP contribution is 2.28. The third-order valence-electron chi connectivity index (χ3n) is 3.30. The number of halogens is 5. The van der Waals surface area contributed by atoms with Crippen LogP contribution in [0.25, 0.3) is 0 Å². The Balaban J connectivity index is 2.27. The van der Waals surface area contributed by atoms with Crippen molar-refractivity contribution in [3.63, 3.8) is 0 Å². The second-order valence-corrected chi connectivity index (χ2v) is 5.68. The Hall–Kier alpha value is -3.02. The minimum atomic E-state index is -4.66. The topological polar surface area (TPSA) is 91.4 Å². The number of ether oxygens (including phenoxy) is 1. The van der Waals surface area contributed by atoms with Crippen LogP contribution in [0.1, 0.15) is 23.0 Å². The summed E-state index contributed by atoms with van der Waals surface area (Å²) in [4.78, 5) is 15.9. The van der Waals surface area contributed by atoms with Gasteiger partial charge in [0.2, 0.25) is 5.96 Å². The van der Waals surface area contributed by atoms with Crippen LogP contribution in [0.15, 0.2) is 29.3 Å². The van der Waals surface area contributed by atoms with E-state index in [2.05, 4.69) is 25.8 Å². The van der Waals surface area contributed by atoms with Gasteiger partial charge in [0.25, 0.3) is 5.91 Å². The van der Waals surface area contributed by atoms with Crippen molar-refractivity contribution in [3.05, 3.63) is 47.2 Å². The molecule has 28 heavy (non-hydrogen) atoms. The van der Waals surface area contributed by atoms with Crippen LogP contribution in [0.2, 0.25) is 0 Å². The molecule has 0 saturated carbocycles. The highest BCUT2D eigenvalue weighted by Gasteiger charge is 2.34. The Morgan fingerprint density at radius 2 is 2.00 bits per heavy atom. The number of carbonyl (C=O) groups excluding carboxylic acids is 1. The van der Waals surface area contributed by atoms with E-state index in [0.29, 0.717) is 12.1 Å². The van der Waals surface area contributed by atoms with Crippen molar-refractivity contribution in [2.45, 2.75) is 19.1 Å². The zero-order chi connectivity index (χ0) is 20.9. The summed E-state index contributed by atoms with van der Waals surface area (Å²) in [6.45, 7) is 1.85. The molecule has 3 N–H and O–H groups in total. The maximum Gasteiger partial charge on any atom is 0.435 e. The molecule has 0 aliphatic carbocycles. The Kier molecular flexibility index (Phi) is 6.67. The summed E-state index contributed by atoms with van der Waals surface area (Å²) in [6.07, 6.45) is -4.66. The van der Waals surface area contributed by atoms with Crippen molar-refractivity contribution in [3.8, 4) is 0 Å². The van der Waals surface area contributed by atoms with Gasteiger partial charge in [0.15, 0.2) is 17.3 Å². The van der Waals surface area contributed by atoms with Gasteiger partial charge in [-0.2, -0.15) is 23.3 Å². The molecule has 0 aliphatic rings. The SMILES string of the molecule is COCC(C)N/C(=N/C(=O)c1ccc(F)c(F)c1)Nc1cc(C(F)(F)F)n[nH]1. The molecule has 1 aromatic heterocycles. The number of aromatic amines is 1. The molecule has 1 unspecified atom stereocenters. The highest BCUT2D eigenvalue weighted by atomic mass is 19.4. The number of benzene rings is 1. The summed E-state index contributed by atoms with van der Waals surface area (Å²) >= 11 is 0. The van der Waals surface area contributed by atoms with Gasteiger partial charge >= 0.3 is 6.18 Å².